The van der Waals surface area contributed by atoms with E-state index < -0.39 is 0 Å². The van der Waals surface area contributed by atoms with Gasteiger partial charge in [-0.15, -0.1) is 0 Å². The minimum atomic E-state index is -0.291. The van der Waals surface area contributed by atoms with Crippen molar-refractivity contribution in [2.75, 3.05) is 32.2 Å². The summed E-state index contributed by atoms with van der Waals surface area (Å²) in [6.45, 7) is 10.8. The fourth-order valence-electron chi connectivity index (χ4n) is 2.84. The molecule has 2 rings (SSSR count). The lowest BCUT2D eigenvalue weighted by Crippen LogP contribution is -2.21. The molecule has 2 aromatic heterocycles. The van der Waals surface area contributed by atoms with E-state index in [2.05, 4.69) is 28.1 Å². The van der Waals surface area contributed by atoms with Crippen LogP contribution >= 0.6 is 11.3 Å². The van der Waals surface area contributed by atoms with Gasteiger partial charge in [0.15, 0.2) is 0 Å². The van der Waals surface area contributed by atoms with E-state index in [4.69, 9.17) is 14.2 Å². The fourth-order valence-corrected chi connectivity index (χ4v) is 3.62. The highest BCUT2D eigenvalue weighted by molar-refractivity contribution is 7.09. The molecule has 0 aromatic carbocycles. The lowest BCUT2D eigenvalue weighted by molar-refractivity contribution is 0.221. The van der Waals surface area contributed by atoms with Gasteiger partial charge < -0.3 is 24.2 Å². The summed E-state index contributed by atoms with van der Waals surface area (Å²) in [5, 5.41) is 9.70. The summed E-state index contributed by atoms with van der Waals surface area (Å²) >= 11 is 0.971. The molecule has 0 aliphatic heterocycles. The van der Waals surface area contributed by atoms with Gasteiger partial charge in [-0.25, -0.2) is 9.97 Å². The number of allylic oxidation sites excluding steroid dienone is 7. The molecule has 2 heterocycles. The van der Waals surface area contributed by atoms with E-state index in [0.29, 0.717) is 47.7 Å². The van der Waals surface area contributed by atoms with Crippen molar-refractivity contribution < 1.29 is 19.3 Å². The van der Waals surface area contributed by atoms with Gasteiger partial charge in [0.1, 0.15) is 23.7 Å². The third kappa shape index (κ3) is 9.67. The van der Waals surface area contributed by atoms with Crippen LogP contribution in [0.1, 0.15) is 18.2 Å². The van der Waals surface area contributed by atoms with Gasteiger partial charge in [0.2, 0.25) is 11.8 Å². The summed E-state index contributed by atoms with van der Waals surface area (Å²) in [6.07, 6.45) is 14.6. The van der Waals surface area contributed by atoms with Crippen molar-refractivity contribution in [2.45, 2.75) is 19.8 Å². The Bertz CT molecular complexity index is 1190. The Morgan fingerprint density at radius 1 is 1.31 bits per heavy atom. The van der Waals surface area contributed by atoms with E-state index in [-0.39, 0.29) is 10.8 Å². The maximum atomic E-state index is 11.3. The number of ether oxygens (including phenoxy) is 3. The van der Waals surface area contributed by atoms with E-state index >= 15 is 0 Å². The van der Waals surface area contributed by atoms with E-state index in [1.165, 1.54) is 12.6 Å². The zero-order valence-corrected chi connectivity index (χ0v) is 21.6. The highest BCUT2D eigenvalue weighted by atomic mass is 32.1. The van der Waals surface area contributed by atoms with Crippen molar-refractivity contribution in [1.29, 1.82) is 0 Å². The van der Waals surface area contributed by atoms with Gasteiger partial charge in [0.25, 0.3) is 0 Å². The van der Waals surface area contributed by atoms with Crippen molar-refractivity contribution in [3.8, 4) is 11.8 Å². The maximum Gasteiger partial charge on any atom is 0.307 e. The van der Waals surface area contributed by atoms with E-state index in [0.717, 1.165) is 23.3 Å². The van der Waals surface area contributed by atoms with Gasteiger partial charge in [-0.3, -0.25) is 9.78 Å². The number of aromatic nitrogens is 3. The predicted octanol–water partition coefficient (Wildman–Crippen LogP) is 4.64. The molecule has 192 valence electrons. The SMILES string of the molecule is C=CC(=CC=COC)Oc1cc(N(C)CCCOC(C=CC(=C)Cc2sc(=O)[nH]c2O)=CC)ncn1. The minimum Gasteiger partial charge on any atom is -0.504 e. The molecule has 0 amide bonds. The van der Waals surface area contributed by atoms with Crippen LogP contribution in [0.5, 0.6) is 11.8 Å². The van der Waals surface area contributed by atoms with Gasteiger partial charge in [0.05, 0.1) is 24.9 Å². The highest BCUT2D eigenvalue weighted by Crippen LogP contribution is 2.20. The number of nitrogens with one attached hydrogen (secondary N) is 1. The summed E-state index contributed by atoms with van der Waals surface area (Å²) in [7, 11) is 3.50. The topological polar surface area (TPSA) is 110 Å². The molecule has 0 spiro atoms. The first kappa shape index (κ1) is 28.2. The Hall–Kier alpha value is -4.05. The molecule has 0 atom stereocenters. The lowest BCUT2D eigenvalue weighted by Gasteiger charge is -2.18. The van der Waals surface area contributed by atoms with Gasteiger partial charge in [0, 0.05) is 26.1 Å². The van der Waals surface area contributed by atoms with Crippen LogP contribution in [0.15, 0.2) is 90.2 Å². The molecular weight excluding hydrogens is 480 g/mol. The largest absolute Gasteiger partial charge is 0.504 e. The second kappa shape index (κ2) is 15.0. The number of methoxy groups -OCH3 is 1. The molecule has 0 aliphatic rings. The van der Waals surface area contributed by atoms with E-state index in [1.54, 1.807) is 31.4 Å². The molecule has 36 heavy (non-hydrogen) atoms. The molecule has 0 aliphatic carbocycles. The molecule has 9 nitrogen and oxygen atoms in total. The summed E-state index contributed by atoms with van der Waals surface area (Å²) in [6, 6.07) is 1.75. The molecule has 0 saturated heterocycles. The highest BCUT2D eigenvalue weighted by Gasteiger charge is 2.08. The van der Waals surface area contributed by atoms with Gasteiger partial charge in [-0.2, -0.15) is 0 Å². The number of nitrogens with zero attached hydrogens (tertiary/aromatic N) is 3. The van der Waals surface area contributed by atoms with Crippen LogP contribution in [0.25, 0.3) is 0 Å². The fraction of sp³-hybridized carbons (Fsp3) is 0.269. The Balaban J connectivity index is 1.82. The zero-order valence-electron chi connectivity index (χ0n) is 20.8. The Morgan fingerprint density at radius 3 is 2.78 bits per heavy atom. The number of rotatable bonds is 15. The number of aromatic amines is 1. The first-order valence-electron chi connectivity index (χ1n) is 11.1. The molecule has 0 unspecified atom stereocenters. The molecular formula is C26H32N4O5S. The van der Waals surface area contributed by atoms with Crippen molar-refractivity contribution in [1.82, 2.24) is 15.0 Å². The normalized spacial score (nSPS) is 12.2. The summed E-state index contributed by atoms with van der Waals surface area (Å²) in [5.74, 6) is 2.24. The van der Waals surface area contributed by atoms with Crippen LogP contribution in [-0.4, -0.2) is 47.4 Å². The quantitative estimate of drug-likeness (QED) is 0.202. The first-order valence-corrected chi connectivity index (χ1v) is 12.0. The standard InChI is InChI=1S/C26H32N4O5S/c1-6-20(12-11-19(3)16-22-25(31)29-26(32)36-22)34-15-9-13-30(4)23-17-24(28-18-27-23)35-21(7-2)10-8-14-33-5/h6-8,10-12,14,17-18,31H,2-3,9,13,15-16H2,1,4-5H3,(H,29,32). The predicted molar refractivity (Wildman–Crippen MR) is 143 cm³/mol. The number of anilines is 1. The lowest BCUT2D eigenvalue weighted by atomic mass is 10.2. The molecule has 2 N–H and O–H groups in total. The second-order valence-corrected chi connectivity index (χ2v) is 8.49. The van der Waals surface area contributed by atoms with Gasteiger partial charge in [-0.1, -0.05) is 30.6 Å². The van der Waals surface area contributed by atoms with Crippen molar-refractivity contribution in [3.63, 3.8) is 0 Å². The second-order valence-electron chi connectivity index (χ2n) is 7.42. The monoisotopic (exact) mass is 512 g/mol. The Labute approximate surface area is 215 Å². The molecule has 0 radical (unpaired) electrons. The average Bonchev–Trinajstić information content (AvgIpc) is 3.19. The van der Waals surface area contributed by atoms with E-state index in [1.807, 2.05) is 37.1 Å². The number of hydrogen-bond donors (Lipinski definition) is 2. The summed E-state index contributed by atoms with van der Waals surface area (Å²) < 4.78 is 16.5. The van der Waals surface area contributed by atoms with Crippen LogP contribution in [0, 0.1) is 0 Å². The van der Waals surface area contributed by atoms with Crippen LogP contribution < -0.4 is 14.5 Å². The number of hydrogen-bond acceptors (Lipinski definition) is 9. The zero-order chi connectivity index (χ0) is 26.3. The molecule has 0 bridgehead atoms. The Morgan fingerprint density at radius 2 is 2.11 bits per heavy atom. The molecule has 10 heteroatoms. The number of aromatic hydroxyl groups is 1. The van der Waals surface area contributed by atoms with Crippen LogP contribution in [0.3, 0.4) is 0 Å². The molecule has 0 fully saturated rings. The van der Waals surface area contributed by atoms with Crippen LogP contribution in [-0.2, 0) is 15.9 Å². The first-order chi connectivity index (χ1) is 17.4. The van der Waals surface area contributed by atoms with Crippen LogP contribution in [0.4, 0.5) is 5.82 Å². The van der Waals surface area contributed by atoms with Crippen molar-refractivity contribution >= 4 is 17.2 Å². The smallest absolute Gasteiger partial charge is 0.307 e. The minimum absolute atomic E-state index is 0.106. The number of H-pyrrole nitrogens is 1. The maximum absolute atomic E-state index is 11.3. The number of thiazole rings is 1. The van der Waals surface area contributed by atoms with Crippen molar-refractivity contribution in [2.24, 2.45) is 0 Å². The van der Waals surface area contributed by atoms with Crippen molar-refractivity contribution in [3.05, 3.63) is 99.9 Å². The average molecular weight is 513 g/mol. The van der Waals surface area contributed by atoms with Gasteiger partial charge >= 0.3 is 4.87 Å². The molecule has 0 saturated carbocycles. The summed E-state index contributed by atoms with van der Waals surface area (Å²) in [4.78, 5) is 24.4. The van der Waals surface area contributed by atoms with Gasteiger partial charge in [-0.05, 0) is 49.3 Å². The van der Waals surface area contributed by atoms with E-state index in [9.17, 15) is 9.90 Å². The third-order valence-corrected chi connectivity index (χ3v) is 5.55. The molecule has 2 aromatic rings. The third-order valence-electron chi connectivity index (χ3n) is 4.68. The van der Waals surface area contributed by atoms with Crippen LogP contribution in [0.2, 0.25) is 0 Å². The summed E-state index contributed by atoms with van der Waals surface area (Å²) in [5.41, 5.74) is 0.745. The Kier molecular flexibility index (Phi) is 11.8.